The number of fused-ring (bicyclic) bond motifs is 1. The van der Waals surface area contributed by atoms with Crippen LogP contribution < -0.4 is 10.2 Å². The van der Waals surface area contributed by atoms with Crippen molar-refractivity contribution in [1.82, 2.24) is 19.9 Å². The van der Waals surface area contributed by atoms with Crippen LogP contribution in [0.1, 0.15) is 16.4 Å². The Hall–Kier alpha value is -3.98. The fourth-order valence-electron chi connectivity index (χ4n) is 3.84. The minimum absolute atomic E-state index is 0.0631. The van der Waals surface area contributed by atoms with Gasteiger partial charge in [-0.15, -0.1) is 0 Å². The van der Waals surface area contributed by atoms with Gasteiger partial charge in [-0.3, -0.25) is 14.5 Å². The van der Waals surface area contributed by atoms with Gasteiger partial charge < -0.3 is 18.6 Å². The van der Waals surface area contributed by atoms with E-state index in [-0.39, 0.29) is 17.1 Å². The number of amides is 1. The maximum atomic E-state index is 12.9. The fraction of sp³-hybridized carbons (Fsp3) is 0.250. The van der Waals surface area contributed by atoms with Crippen molar-refractivity contribution < 1.29 is 18.5 Å². The lowest BCUT2D eigenvalue weighted by Crippen LogP contribution is -2.48. The number of para-hydroxylation sites is 1. The number of ether oxygens (including phenoxy) is 1. The molecule has 1 aliphatic heterocycles. The summed E-state index contributed by atoms with van der Waals surface area (Å²) in [6.45, 7) is 2.80. The molecule has 0 saturated carbocycles. The summed E-state index contributed by atoms with van der Waals surface area (Å²) < 4.78 is 16.3. The molecule has 1 fully saturated rings. The molecule has 2 aromatic heterocycles. The fourth-order valence-corrected chi connectivity index (χ4v) is 3.84. The maximum absolute atomic E-state index is 12.9. The molecule has 33 heavy (non-hydrogen) atoms. The number of piperazine rings is 1. The average molecular weight is 446 g/mol. The van der Waals surface area contributed by atoms with Crippen molar-refractivity contribution in [3.63, 3.8) is 0 Å². The van der Waals surface area contributed by atoms with E-state index < -0.39 is 0 Å². The van der Waals surface area contributed by atoms with E-state index in [2.05, 4.69) is 15.0 Å². The number of methoxy groups -OCH3 is 1. The molecule has 1 saturated heterocycles. The quantitative estimate of drug-likeness (QED) is 0.461. The summed E-state index contributed by atoms with van der Waals surface area (Å²) in [5.41, 5.74) is 1.04. The van der Waals surface area contributed by atoms with Gasteiger partial charge in [0.05, 0.1) is 19.0 Å². The minimum Gasteiger partial charge on any atom is -0.497 e. The Balaban J connectivity index is 1.20. The minimum atomic E-state index is -0.280. The molecule has 0 radical (unpaired) electrons. The topological polar surface area (TPSA) is 102 Å². The zero-order valence-corrected chi connectivity index (χ0v) is 18.1. The van der Waals surface area contributed by atoms with Gasteiger partial charge in [-0.1, -0.05) is 17.3 Å². The van der Waals surface area contributed by atoms with Crippen LogP contribution in [0.15, 0.2) is 68.3 Å². The number of aromatic nitrogens is 2. The number of nitrogens with zero attached hydrogens (tertiary/aromatic N) is 4. The van der Waals surface area contributed by atoms with Crippen LogP contribution in [-0.2, 0) is 6.54 Å². The van der Waals surface area contributed by atoms with E-state index in [4.69, 9.17) is 13.7 Å². The van der Waals surface area contributed by atoms with Gasteiger partial charge in [0.25, 0.3) is 5.91 Å². The predicted molar refractivity (Wildman–Crippen MR) is 120 cm³/mol. The summed E-state index contributed by atoms with van der Waals surface area (Å²) in [6, 6.07) is 15.6. The van der Waals surface area contributed by atoms with E-state index in [1.165, 1.54) is 6.07 Å². The molecule has 9 nitrogen and oxygen atoms in total. The highest BCUT2D eigenvalue weighted by Gasteiger charge is 2.25. The van der Waals surface area contributed by atoms with Crippen LogP contribution in [0.25, 0.3) is 22.4 Å². The first-order chi connectivity index (χ1) is 16.1. The number of benzene rings is 2. The standard InChI is InChI=1S/C24H22N4O5/c1-31-17-8-6-16(7-9-17)23-25-22(33-26-23)15-27-10-12-28(13-11-27)24(30)21-14-19(29)18-4-2-3-5-20(18)32-21/h2-9,14H,10-13,15H2,1H3. The van der Waals surface area contributed by atoms with Crippen molar-refractivity contribution in [3.05, 3.63) is 76.5 Å². The molecule has 0 N–H and O–H groups in total. The molecule has 168 valence electrons. The normalized spacial score (nSPS) is 14.5. The van der Waals surface area contributed by atoms with Gasteiger partial charge in [-0.05, 0) is 36.4 Å². The highest BCUT2D eigenvalue weighted by Crippen LogP contribution is 2.20. The van der Waals surface area contributed by atoms with Crippen molar-refractivity contribution in [2.24, 2.45) is 0 Å². The molecular weight excluding hydrogens is 424 g/mol. The van der Waals surface area contributed by atoms with Gasteiger partial charge in [0.1, 0.15) is 11.3 Å². The first kappa shape index (κ1) is 20.9. The summed E-state index contributed by atoms with van der Waals surface area (Å²) in [5.74, 6) is 1.58. The maximum Gasteiger partial charge on any atom is 0.289 e. The number of hydrogen-bond acceptors (Lipinski definition) is 8. The smallest absolute Gasteiger partial charge is 0.289 e. The molecule has 3 heterocycles. The second-order valence-electron chi connectivity index (χ2n) is 7.78. The molecule has 0 bridgehead atoms. The summed E-state index contributed by atoms with van der Waals surface area (Å²) >= 11 is 0. The van der Waals surface area contributed by atoms with Crippen molar-refractivity contribution in [3.8, 4) is 17.1 Å². The lowest BCUT2D eigenvalue weighted by Gasteiger charge is -2.33. The third-order valence-electron chi connectivity index (χ3n) is 5.68. The number of carbonyl (C=O) groups is 1. The molecule has 9 heteroatoms. The van der Waals surface area contributed by atoms with Crippen molar-refractivity contribution in [2.75, 3.05) is 33.3 Å². The predicted octanol–water partition coefficient (Wildman–Crippen LogP) is 2.81. The lowest BCUT2D eigenvalue weighted by molar-refractivity contribution is 0.0585. The second-order valence-corrected chi connectivity index (χ2v) is 7.78. The Morgan fingerprint density at radius 3 is 2.58 bits per heavy atom. The van der Waals surface area contributed by atoms with E-state index in [0.29, 0.717) is 55.4 Å². The zero-order chi connectivity index (χ0) is 22.8. The molecule has 0 unspecified atom stereocenters. The van der Waals surface area contributed by atoms with Crippen molar-refractivity contribution in [1.29, 1.82) is 0 Å². The van der Waals surface area contributed by atoms with Gasteiger partial charge in [0.15, 0.2) is 11.2 Å². The third-order valence-corrected chi connectivity index (χ3v) is 5.68. The molecule has 5 rings (SSSR count). The summed E-state index contributed by atoms with van der Waals surface area (Å²) in [5, 5.41) is 4.53. The molecule has 4 aromatic rings. The van der Waals surface area contributed by atoms with Crippen LogP contribution in [0.3, 0.4) is 0 Å². The van der Waals surface area contributed by atoms with Gasteiger partial charge >= 0.3 is 0 Å². The highest BCUT2D eigenvalue weighted by molar-refractivity contribution is 5.93. The van der Waals surface area contributed by atoms with E-state index in [1.807, 2.05) is 24.3 Å². The Morgan fingerprint density at radius 2 is 1.82 bits per heavy atom. The Labute approximate surface area is 189 Å². The SMILES string of the molecule is COc1ccc(-c2noc(CN3CCN(C(=O)c4cc(=O)c5ccccc5o4)CC3)n2)cc1. The molecular formula is C24H22N4O5. The molecule has 0 aliphatic carbocycles. The Bertz CT molecular complexity index is 1340. The van der Waals surface area contributed by atoms with Crippen LogP contribution in [-0.4, -0.2) is 59.1 Å². The number of rotatable bonds is 5. The molecule has 0 spiro atoms. The van der Waals surface area contributed by atoms with Gasteiger partial charge in [0.2, 0.25) is 11.7 Å². The largest absolute Gasteiger partial charge is 0.497 e. The van der Waals surface area contributed by atoms with E-state index >= 15 is 0 Å². The highest BCUT2D eigenvalue weighted by atomic mass is 16.5. The van der Waals surface area contributed by atoms with Crippen LogP contribution in [0, 0.1) is 0 Å². The number of hydrogen-bond donors (Lipinski definition) is 0. The second kappa shape index (κ2) is 8.87. The Kier molecular flexibility index (Phi) is 5.62. The van der Waals surface area contributed by atoms with Crippen molar-refractivity contribution >= 4 is 16.9 Å². The Morgan fingerprint density at radius 1 is 1.06 bits per heavy atom. The van der Waals surface area contributed by atoms with Gasteiger partial charge in [0, 0.05) is 37.8 Å². The van der Waals surface area contributed by atoms with Gasteiger partial charge in [-0.2, -0.15) is 4.98 Å². The first-order valence-corrected chi connectivity index (χ1v) is 10.6. The zero-order valence-electron chi connectivity index (χ0n) is 18.1. The summed E-state index contributed by atoms with van der Waals surface area (Å²) in [4.78, 5) is 33.5. The molecule has 0 atom stereocenters. The summed E-state index contributed by atoms with van der Waals surface area (Å²) in [6.07, 6.45) is 0. The molecule has 1 amide bonds. The van der Waals surface area contributed by atoms with E-state index in [1.54, 1.807) is 36.3 Å². The average Bonchev–Trinajstić information content (AvgIpc) is 3.32. The van der Waals surface area contributed by atoms with E-state index in [9.17, 15) is 9.59 Å². The third kappa shape index (κ3) is 4.35. The number of carbonyl (C=O) groups excluding carboxylic acids is 1. The van der Waals surface area contributed by atoms with Gasteiger partial charge in [-0.25, -0.2) is 0 Å². The van der Waals surface area contributed by atoms with Crippen LogP contribution in [0.4, 0.5) is 0 Å². The lowest BCUT2D eigenvalue weighted by atomic mass is 10.2. The van der Waals surface area contributed by atoms with Crippen LogP contribution in [0.5, 0.6) is 5.75 Å². The van der Waals surface area contributed by atoms with Crippen LogP contribution in [0.2, 0.25) is 0 Å². The molecule has 2 aromatic carbocycles. The van der Waals surface area contributed by atoms with Crippen LogP contribution >= 0.6 is 0 Å². The molecule has 1 aliphatic rings. The first-order valence-electron chi connectivity index (χ1n) is 10.6. The summed E-state index contributed by atoms with van der Waals surface area (Å²) in [7, 11) is 1.62. The monoisotopic (exact) mass is 446 g/mol. The van der Waals surface area contributed by atoms with Crippen molar-refractivity contribution in [2.45, 2.75) is 6.54 Å². The van der Waals surface area contributed by atoms with E-state index in [0.717, 1.165) is 11.3 Å².